The van der Waals surface area contributed by atoms with Gasteiger partial charge in [-0.25, -0.2) is 13.4 Å². The van der Waals surface area contributed by atoms with Crippen LogP contribution in [0.4, 0.5) is 8.78 Å². The molecule has 8 heteroatoms. The van der Waals surface area contributed by atoms with Crippen LogP contribution in [-0.4, -0.2) is 23.7 Å². The van der Waals surface area contributed by atoms with Crippen LogP contribution >= 0.6 is 11.6 Å². The lowest BCUT2D eigenvalue weighted by Gasteiger charge is -2.11. The SMILES string of the molecule is Cc1nc2cc(S(=O)(=O)C(F)F)c(Cl)cc2n1C(C)C. The van der Waals surface area contributed by atoms with E-state index < -0.39 is 20.5 Å². The molecule has 0 amide bonds. The molecule has 0 atom stereocenters. The van der Waals surface area contributed by atoms with Gasteiger partial charge < -0.3 is 4.57 Å². The molecule has 0 saturated carbocycles. The quantitative estimate of drug-likeness (QED) is 0.868. The first kappa shape index (κ1) is 15.2. The van der Waals surface area contributed by atoms with E-state index in [0.717, 1.165) is 6.07 Å². The lowest BCUT2D eigenvalue weighted by Crippen LogP contribution is -2.12. The Labute approximate surface area is 120 Å². The normalized spacial score (nSPS) is 12.8. The van der Waals surface area contributed by atoms with Crippen molar-refractivity contribution in [3.63, 3.8) is 0 Å². The second-order valence-electron chi connectivity index (χ2n) is 4.70. The van der Waals surface area contributed by atoms with E-state index in [1.54, 1.807) is 6.92 Å². The van der Waals surface area contributed by atoms with Crippen molar-refractivity contribution in [3.05, 3.63) is 23.0 Å². The second kappa shape index (κ2) is 4.96. The van der Waals surface area contributed by atoms with E-state index in [0.29, 0.717) is 16.9 Å². The fourth-order valence-corrected chi connectivity index (χ4v) is 3.46. The topological polar surface area (TPSA) is 52.0 Å². The lowest BCUT2D eigenvalue weighted by atomic mass is 10.3. The summed E-state index contributed by atoms with van der Waals surface area (Å²) in [6.45, 7) is 5.63. The molecule has 0 unspecified atom stereocenters. The third-order valence-electron chi connectivity index (χ3n) is 2.98. The van der Waals surface area contributed by atoms with Gasteiger partial charge in [0, 0.05) is 6.04 Å². The first-order chi connectivity index (χ1) is 9.16. The average molecular weight is 323 g/mol. The Morgan fingerprint density at radius 1 is 1.30 bits per heavy atom. The number of halogens is 3. The number of aromatic nitrogens is 2. The van der Waals surface area contributed by atoms with E-state index in [2.05, 4.69) is 4.98 Å². The number of benzene rings is 1. The zero-order chi connectivity index (χ0) is 15.2. The molecule has 2 aromatic rings. The fraction of sp³-hybridized carbons (Fsp3) is 0.417. The van der Waals surface area contributed by atoms with Crippen molar-refractivity contribution < 1.29 is 17.2 Å². The van der Waals surface area contributed by atoms with E-state index in [9.17, 15) is 17.2 Å². The fourth-order valence-electron chi connectivity index (χ4n) is 2.18. The highest BCUT2D eigenvalue weighted by atomic mass is 35.5. The Balaban J connectivity index is 2.79. The molecular formula is C12H13ClF2N2O2S. The van der Waals surface area contributed by atoms with Gasteiger partial charge in [0.1, 0.15) is 5.82 Å². The number of imidazole rings is 1. The predicted molar refractivity (Wildman–Crippen MR) is 73.1 cm³/mol. The molecule has 1 heterocycles. The monoisotopic (exact) mass is 322 g/mol. The first-order valence-electron chi connectivity index (χ1n) is 5.86. The summed E-state index contributed by atoms with van der Waals surface area (Å²) in [7, 11) is -4.74. The van der Waals surface area contributed by atoms with Gasteiger partial charge in [0.15, 0.2) is 0 Å². The molecule has 110 valence electrons. The molecule has 4 nitrogen and oxygen atoms in total. The molecule has 0 aliphatic rings. The molecule has 0 fully saturated rings. The Morgan fingerprint density at radius 2 is 1.90 bits per heavy atom. The number of sulfone groups is 1. The summed E-state index contributed by atoms with van der Waals surface area (Å²) in [5, 5.41) is -0.223. The zero-order valence-electron chi connectivity index (χ0n) is 11.1. The molecule has 0 aliphatic carbocycles. The van der Waals surface area contributed by atoms with Crippen LogP contribution in [0, 0.1) is 6.92 Å². The van der Waals surface area contributed by atoms with Crippen molar-refractivity contribution >= 4 is 32.5 Å². The minimum atomic E-state index is -4.74. The number of hydrogen-bond acceptors (Lipinski definition) is 3. The summed E-state index contributed by atoms with van der Waals surface area (Å²) in [4.78, 5) is 3.62. The highest BCUT2D eigenvalue weighted by Crippen LogP contribution is 2.32. The Kier molecular flexibility index (Phi) is 3.77. The smallest absolute Gasteiger partial charge is 0.326 e. The van der Waals surface area contributed by atoms with E-state index in [4.69, 9.17) is 11.6 Å². The van der Waals surface area contributed by atoms with Gasteiger partial charge >= 0.3 is 5.76 Å². The third kappa shape index (κ3) is 2.29. The van der Waals surface area contributed by atoms with Crippen LogP contribution in [0.5, 0.6) is 0 Å². The number of nitrogens with zero attached hydrogens (tertiary/aromatic N) is 2. The summed E-state index contributed by atoms with van der Waals surface area (Å²) >= 11 is 5.86. The summed E-state index contributed by atoms with van der Waals surface area (Å²) in [6.07, 6.45) is 0. The minimum Gasteiger partial charge on any atom is -0.326 e. The van der Waals surface area contributed by atoms with E-state index in [1.807, 2.05) is 18.4 Å². The van der Waals surface area contributed by atoms with E-state index >= 15 is 0 Å². The van der Waals surface area contributed by atoms with Gasteiger partial charge in [-0.2, -0.15) is 8.78 Å². The van der Waals surface area contributed by atoms with Crippen molar-refractivity contribution in [2.24, 2.45) is 0 Å². The number of alkyl halides is 2. The summed E-state index contributed by atoms with van der Waals surface area (Å²) in [6, 6.07) is 2.56. The lowest BCUT2D eigenvalue weighted by molar-refractivity contribution is 0.235. The highest BCUT2D eigenvalue weighted by molar-refractivity contribution is 7.91. The molecule has 0 bridgehead atoms. The Morgan fingerprint density at radius 3 is 2.40 bits per heavy atom. The molecule has 1 aromatic heterocycles. The third-order valence-corrected chi connectivity index (χ3v) is 4.82. The zero-order valence-corrected chi connectivity index (χ0v) is 12.6. The van der Waals surface area contributed by atoms with Crippen LogP contribution in [0.2, 0.25) is 5.02 Å². The van der Waals surface area contributed by atoms with Crippen molar-refractivity contribution in [2.75, 3.05) is 0 Å². The van der Waals surface area contributed by atoms with E-state index in [1.165, 1.54) is 6.07 Å². The van der Waals surface area contributed by atoms with Crippen LogP contribution in [0.1, 0.15) is 25.7 Å². The molecular weight excluding hydrogens is 310 g/mol. The van der Waals surface area contributed by atoms with Gasteiger partial charge in [0.25, 0.3) is 0 Å². The molecule has 20 heavy (non-hydrogen) atoms. The molecule has 1 aromatic carbocycles. The van der Waals surface area contributed by atoms with Crippen LogP contribution in [-0.2, 0) is 9.84 Å². The van der Waals surface area contributed by atoms with Crippen LogP contribution in [0.15, 0.2) is 17.0 Å². The maximum atomic E-state index is 12.6. The van der Waals surface area contributed by atoms with Crippen molar-refractivity contribution in [3.8, 4) is 0 Å². The average Bonchev–Trinajstić information content (AvgIpc) is 2.62. The molecule has 0 spiro atoms. The molecule has 0 N–H and O–H groups in total. The number of rotatable bonds is 3. The van der Waals surface area contributed by atoms with Crippen molar-refractivity contribution in [2.45, 2.75) is 37.5 Å². The summed E-state index contributed by atoms with van der Waals surface area (Å²) < 4.78 is 50.2. The highest BCUT2D eigenvalue weighted by Gasteiger charge is 2.30. The molecule has 2 rings (SSSR count). The summed E-state index contributed by atoms with van der Waals surface area (Å²) in [5.74, 6) is -2.84. The number of hydrogen-bond donors (Lipinski definition) is 0. The first-order valence-corrected chi connectivity index (χ1v) is 7.78. The number of fused-ring (bicyclic) bond motifs is 1. The Bertz CT molecular complexity index is 769. The second-order valence-corrected chi connectivity index (χ2v) is 6.99. The van der Waals surface area contributed by atoms with E-state index in [-0.39, 0.29) is 11.1 Å². The number of aryl methyl sites for hydroxylation is 1. The van der Waals surface area contributed by atoms with Crippen molar-refractivity contribution in [1.82, 2.24) is 9.55 Å². The molecule has 0 radical (unpaired) electrons. The van der Waals surface area contributed by atoms with Crippen molar-refractivity contribution in [1.29, 1.82) is 0 Å². The predicted octanol–water partition coefficient (Wildman–Crippen LogP) is 3.58. The maximum absolute atomic E-state index is 12.6. The molecule has 0 aliphatic heterocycles. The Hall–Kier alpha value is -1.21. The standard InChI is InChI=1S/C12H13ClF2N2O2S/c1-6(2)17-7(3)16-9-5-11(8(13)4-10(9)17)20(18,19)12(14)15/h4-6,12H,1-3H3. The summed E-state index contributed by atoms with van der Waals surface area (Å²) in [5.41, 5.74) is 0.954. The maximum Gasteiger partial charge on any atom is 0.341 e. The van der Waals surface area contributed by atoms with Gasteiger partial charge in [0.2, 0.25) is 9.84 Å². The van der Waals surface area contributed by atoms with Gasteiger partial charge in [-0.1, -0.05) is 11.6 Å². The molecule has 0 saturated heterocycles. The van der Waals surface area contributed by atoms with Gasteiger partial charge in [-0.3, -0.25) is 0 Å². The van der Waals surface area contributed by atoms with Crippen LogP contribution < -0.4 is 0 Å². The van der Waals surface area contributed by atoms with Gasteiger partial charge in [-0.05, 0) is 32.9 Å². The minimum absolute atomic E-state index is 0.0913. The van der Waals surface area contributed by atoms with Gasteiger partial charge in [0.05, 0.1) is 21.0 Å². The largest absolute Gasteiger partial charge is 0.341 e. The van der Waals surface area contributed by atoms with Crippen LogP contribution in [0.25, 0.3) is 11.0 Å². The van der Waals surface area contributed by atoms with Crippen LogP contribution in [0.3, 0.4) is 0 Å². The van der Waals surface area contributed by atoms with Gasteiger partial charge in [-0.15, -0.1) is 0 Å².